The van der Waals surface area contributed by atoms with Gasteiger partial charge >= 0.3 is 0 Å². The Kier molecular flexibility index (Phi) is 6.77. The first-order chi connectivity index (χ1) is 13.6. The van der Waals surface area contributed by atoms with E-state index in [1.54, 1.807) is 18.2 Å². The van der Waals surface area contributed by atoms with E-state index in [4.69, 9.17) is 23.2 Å². The Morgan fingerprint density at radius 2 is 1.76 bits per heavy atom. The van der Waals surface area contributed by atoms with Crippen molar-refractivity contribution in [2.45, 2.75) is 40.6 Å². The van der Waals surface area contributed by atoms with Crippen molar-refractivity contribution in [3.8, 4) is 0 Å². The average Bonchev–Trinajstić information content (AvgIpc) is 2.64. The van der Waals surface area contributed by atoms with E-state index in [0.717, 1.165) is 17.8 Å². The molecule has 2 unspecified atom stereocenters. The van der Waals surface area contributed by atoms with Crippen LogP contribution in [0.2, 0.25) is 10.0 Å². The minimum absolute atomic E-state index is 0.0364. The van der Waals surface area contributed by atoms with Gasteiger partial charge in [-0.05, 0) is 38.1 Å². The van der Waals surface area contributed by atoms with Crippen LogP contribution >= 0.6 is 35.0 Å². The molecular weight excluding hydrogens is 457 g/mol. The van der Waals surface area contributed by atoms with Gasteiger partial charge in [0.2, 0.25) is 10.0 Å². The average molecular weight is 476 g/mol. The van der Waals surface area contributed by atoms with Crippen molar-refractivity contribution in [3.63, 3.8) is 0 Å². The number of nitrogens with zero attached hydrogens (tertiary/aromatic N) is 2. The fraction of sp³-hybridized carbons (Fsp3) is 0.333. The Labute approximate surface area is 183 Å². The first kappa shape index (κ1) is 22.3. The lowest BCUT2D eigenvalue weighted by molar-refractivity contribution is -0.385. The van der Waals surface area contributed by atoms with Crippen LogP contribution in [0.3, 0.4) is 0 Å². The van der Waals surface area contributed by atoms with E-state index in [0.29, 0.717) is 19.8 Å². The molecule has 1 aliphatic rings. The van der Waals surface area contributed by atoms with Crippen LogP contribution in [0.15, 0.2) is 51.1 Å². The predicted molar refractivity (Wildman–Crippen MR) is 114 cm³/mol. The molecule has 156 valence electrons. The number of piperazine rings is 1. The summed E-state index contributed by atoms with van der Waals surface area (Å²) >= 11 is 13.4. The fourth-order valence-corrected chi connectivity index (χ4v) is 6.69. The van der Waals surface area contributed by atoms with E-state index in [9.17, 15) is 18.5 Å². The summed E-state index contributed by atoms with van der Waals surface area (Å²) < 4.78 is 28.2. The molecule has 2 aromatic rings. The van der Waals surface area contributed by atoms with Crippen LogP contribution in [0, 0.1) is 10.1 Å². The quantitative estimate of drug-likeness (QED) is 0.507. The molecule has 0 spiro atoms. The number of hydrogen-bond acceptors (Lipinski definition) is 6. The van der Waals surface area contributed by atoms with Crippen molar-refractivity contribution in [1.29, 1.82) is 0 Å². The minimum atomic E-state index is -3.97. The maximum Gasteiger partial charge on any atom is 0.270 e. The van der Waals surface area contributed by atoms with Crippen LogP contribution in [-0.2, 0) is 10.0 Å². The van der Waals surface area contributed by atoms with Gasteiger partial charge in [-0.1, -0.05) is 35.0 Å². The third-order valence-corrected chi connectivity index (χ3v) is 8.20. The lowest BCUT2D eigenvalue weighted by atomic mass is 10.2. The van der Waals surface area contributed by atoms with Crippen LogP contribution in [0.4, 0.5) is 5.69 Å². The Hall–Kier alpha value is -1.36. The van der Waals surface area contributed by atoms with Crippen molar-refractivity contribution in [3.05, 3.63) is 56.6 Å². The van der Waals surface area contributed by atoms with E-state index in [1.165, 1.54) is 16.4 Å². The second-order valence-corrected chi connectivity index (χ2v) is 10.7. The number of halogens is 2. The predicted octanol–water partition coefficient (Wildman–Crippen LogP) is 4.42. The summed E-state index contributed by atoms with van der Waals surface area (Å²) in [5.41, 5.74) is -0.290. The first-order valence-electron chi connectivity index (χ1n) is 8.75. The summed E-state index contributed by atoms with van der Waals surface area (Å²) in [5.74, 6) is 0. The highest BCUT2D eigenvalue weighted by Gasteiger charge is 2.34. The standard InChI is InChI=1S/C18H19Cl2N3O4S2/c1-11-9-22(10-12(2)21-11)29(26,27)18-8-14(23(24)25)4-6-16(18)28-17-7-13(19)3-5-15(17)20/h3-8,11-12,21H,9-10H2,1-2H3. The van der Waals surface area contributed by atoms with Gasteiger partial charge < -0.3 is 5.32 Å². The molecule has 11 heteroatoms. The third kappa shape index (κ3) is 5.04. The van der Waals surface area contributed by atoms with Crippen molar-refractivity contribution < 1.29 is 13.3 Å². The summed E-state index contributed by atoms with van der Waals surface area (Å²) in [6.07, 6.45) is 0. The van der Waals surface area contributed by atoms with E-state index >= 15 is 0 Å². The molecule has 1 heterocycles. The molecule has 0 aliphatic carbocycles. The summed E-state index contributed by atoms with van der Waals surface area (Å²) in [7, 11) is -3.97. The lowest BCUT2D eigenvalue weighted by Gasteiger charge is -2.35. The van der Waals surface area contributed by atoms with Crippen molar-refractivity contribution in [1.82, 2.24) is 9.62 Å². The molecule has 1 saturated heterocycles. The molecule has 0 radical (unpaired) electrons. The summed E-state index contributed by atoms with van der Waals surface area (Å²) in [6.45, 7) is 4.34. The fourth-order valence-electron chi connectivity index (χ4n) is 3.18. The number of benzene rings is 2. The molecule has 0 saturated carbocycles. The van der Waals surface area contributed by atoms with Gasteiger partial charge in [-0.15, -0.1) is 0 Å². The molecule has 1 aliphatic heterocycles. The number of nitrogens with one attached hydrogen (secondary N) is 1. The maximum absolute atomic E-state index is 13.4. The van der Waals surface area contributed by atoms with Gasteiger partial charge in [0, 0.05) is 52.1 Å². The molecule has 29 heavy (non-hydrogen) atoms. The van der Waals surface area contributed by atoms with Crippen molar-refractivity contribution in [2.75, 3.05) is 13.1 Å². The van der Waals surface area contributed by atoms with Crippen molar-refractivity contribution >= 4 is 50.7 Å². The van der Waals surface area contributed by atoms with Crippen molar-refractivity contribution in [2.24, 2.45) is 0 Å². The first-order valence-corrected chi connectivity index (χ1v) is 11.8. The van der Waals surface area contributed by atoms with Crippen LogP contribution in [-0.4, -0.2) is 42.8 Å². The largest absolute Gasteiger partial charge is 0.309 e. The van der Waals surface area contributed by atoms with Gasteiger partial charge in [0.1, 0.15) is 4.90 Å². The minimum Gasteiger partial charge on any atom is -0.309 e. The Morgan fingerprint density at radius 1 is 1.10 bits per heavy atom. The Morgan fingerprint density at radius 3 is 2.38 bits per heavy atom. The molecule has 0 amide bonds. The van der Waals surface area contributed by atoms with Gasteiger partial charge in [-0.2, -0.15) is 4.31 Å². The molecule has 2 atom stereocenters. The summed E-state index contributed by atoms with van der Waals surface area (Å²) in [6, 6.07) is 8.62. The highest BCUT2D eigenvalue weighted by atomic mass is 35.5. The monoisotopic (exact) mass is 475 g/mol. The number of nitro groups is 1. The Bertz CT molecular complexity index is 1040. The lowest BCUT2D eigenvalue weighted by Crippen LogP contribution is -2.55. The van der Waals surface area contributed by atoms with Crippen LogP contribution < -0.4 is 5.32 Å². The highest BCUT2D eigenvalue weighted by Crippen LogP contribution is 2.40. The van der Waals surface area contributed by atoms with Crippen LogP contribution in [0.5, 0.6) is 0 Å². The number of non-ortho nitro benzene ring substituents is 1. The van der Waals surface area contributed by atoms with Gasteiger partial charge in [-0.25, -0.2) is 8.42 Å². The smallest absolute Gasteiger partial charge is 0.270 e. The van der Waals surface area contributed by atoms with Crippen LogP contribution in [0.1, 0.15) is 13.8 Å². The molecule has 0 bridgehead atoms. The molecule has 0 aromatic heterocycles. The highest BCUT2D eigenvalue weighted by molar-refractivity contribution is 8.00. The molecule has 2 aromatic carbocycles. The van der Waals surface area contributed by atoms with Gasteiger partial charge in [0.25, 0.3) is 5.69 Å². The van der Waals surface area contributed by atoms with E-state index in [1.807, 2.05) is 13.8 Å². The SMILES string of the molecule is CC1CN(S(=O)(=O)c2cc([N+](=O)[O-])ccc2Sc2cc(Cl)ccc2Cl)CC(C)N1. The number of nitro benzene ring substituents is 1. The van der Waals surface area contributed by atoms with E-state index < -0.39 is 14.9 Å². The molecule has 3 rings (SSSR count). The van der Waals surface area contributed by atoms with Crippen LogP contribution in [0.25, 0.3) is 0 Å². The molecule has 1 fully saturated rings. The van der Waals surface area contributed by atoms with Gasteiger partial charge in [0.05, 0.1) is 9.95 Å². The third-order valence-electron chi connectivity index (χ3n) is 4.39. The normalized spacial score (nSPS) is 20.6. The molecular formula is C18H19Cl2N3O4S2. The molecule has 1 N–H and O–H groups in total. The maximum atomic E-state index is 13.4. The Balaban J connectivity index is 2.09. The van der Waals surface area contributed by atoms with Gasteiger partial charge in [0.15, 0.2) is 0 Å². The number of rotatable bonds is 5. The zero-order valence-electron chi connectivity index (χ0n) is 15.6. The zero-order chi connectivity index (χ0) is 21.3. The topological polar surface area (TPSA) is 92.5 Å². The number of hydrogen-bond donors (Lipinski definition) is 1. The second-order valence-electron chi connectivity index (χ2n) is 6.86. The molecule has 7 nitrogen and oxygen atoms in total. The summed E-state index contributed by atoms with van der Waals surface area (Å²) in [5, 5.41) is 15.4. The zero-order valence-corrected chi connectivity index (χ0v) is 18.8. The van der Waals surface area contributed by atoms with E-state index in [2.05, 4.69) is 5.32 Å². The van der Waals surface area contributed by atoms with Gasteiger partial charge in [-0.3, -0.25) is 10.1 Å². The number of sulfonamides is 1. The van der Waals surface area contributed by atoms with E-state index in [-0.39, 0.29) is 35.8 Å². The summed E-state index contributed by atoms with van der Waals surface area (Å²) in [4.78, 5) is 11.5. The second kappa shape index (κ2) is 8.79.